The van der Waals surface area contributed by atoms with E-state index in [2.05, 4.69) is 132 Å². The predicted octanol–water partition coefficient (Wildman–Crippen LogP) is 11.0. The van der Waals surface area contributed by atoms with Crippen molar-refractivity contribution < 1.29 is 4.42 Å². The highest BCUT2D eigenvalue weighted by Gasteiger charge is 2.24. The molecule has 4 heteroatoms. The molecule has 0 N–H and O–H groups in total. The highest BCUT2D eigenvalue weighted by Crippen LogP contribution is 2.47. The molecule has 0 aliphatic heterocycles. The second kappa shape index (κ2) is 10.7. The fourth-order valence-corrected chi connectivity index (χ4v) is 6.50. The zero-order valence-electron chi connectivity index (χ0n) is 24.8. The fraction of sp³-hybridized carbons (Fsp3) is 0. The number of rotatable bonds is 5. The zero-order valence-corrected chi connectivity index (χ0v) is 24.8. The van der Waals surface area contributed by atoms with E-state index in [0.717, 1.165) is 83.7 Å². The van der Waals surface area contributed by atoms with E-state index < -0.39 is 0 Å². The van der Waals surface area contributed by atoms with Crippen LogP contribution in [0.3, 0.4) is 0 Å². The smallest absolute Gasteiger partial charge is 0.147 e. The molecule has 216 valence electrons. The monoisotopic (exact) mass is 589 g/mol. The first-order valence-electron chi connectivity index (χ1n) is 15.4. The molecule has 0 atom stereocenters. The van der Waals surface area contributed by atoms with Crippen molar-refractivity contribution in [3.8, 4) is 50.8 Å². The number of nitrogens with zero attached hydrogens (tertiary/aromatic N) is 3. The predicted molar refractivity (Wildman–Crippen MR) is 188 cm³/mol. The average Bonchev–Trinajstić information content (AvgIpc) is 3.73. The summed E-state index contributed by atoms with van der Waals surface area (Å²) in [4.78, 5) is 10.3. The summed E-state index contributed by atoms with van der Waals surface area (Å²) in [5.41, 5.74) is 11.0. The lowest BCUT2D eigenvalue weighted by atomic mass is 9.94. The van der Waals surface area contributed by atoms with Crippen LogP contribution in [0.25, 0.3) is 83.7 Å². The van der Waals surface area contributed by atoms with Gasteiger partial charge in [0.1, 0.15) is 17.2 Å². The van der Waals surface area contributed by atoms with Gasteiger partial charge in [0, 0.05) is 33.3 Å². The summed E-state index contributed by atoms with van der Waals surface area (Å²) in [5, 5.41) is 2.00. The number of para-hydroxylation sites is 4. The second-order valence-corrected chi connectivity index (χ2v) is 11.4. The van der Waals surface area contributed by atoms with Gasteiger partial charge in [0.15, 0.2) is 0 Å². The Balaban J connectivity index is 1.30. The van der Waals surface area contributed by atoms with Crippen molar-refractivity contribution in [2.45, 2.75) is 0 Å². The quantitative estimate of drug-likeness (QED) is 0.201. The van der Waals surface area contributed by atoms with E-state index in [1.807, 2.05) is 36.4 Å². The first-order valence-corrected chi connectivity index (χ1v) is 15.4. The van der Waals surface area contributed by atoms with E-state index in [-0.39, 0.29) is 0 Å². The summed E-state index contributed by atoms with van der Waals surface area (Å²) >= 11 is 0. The van der Waals surface area contributed by atoms with Gasteiger partial charge < -0.3 is 4.42 Å². The number of imidazole rings is 1. The number of hydrogen-bond acceptors (Lipinski definition) is 3. The number of furan rings is 1. The molecule has 9 aromatic rings. The lowest BCUT2D eigenvalue weighted by Gasteiger charge is -2.11. The van der Waals surface area contributed by atoms with Crippen molar-refractivity contribution in [2.24, 2.45) is 0 Å². The SMILES string of the molecule is c1ccc(-c2oc3c(c(-c4ccccc4)nc4ccccc43)c2-c2ccc(-c3nc4ccccc4n3-c3ccccc3)cc2)cc1. The molecule has 0 radical (unpaired) electrons. The van der Waals surface area contributed by atoms with Crippen LogP contribution in [0.1, 0.15) is 0 Å². The number of pyridine rings is 1. The third-order valence-electron chi connectivity index (χ3n) is 8.62. The molecule has 3 aromatic heterocycles. The fourth-order valence-electron chi connectivity index (χ4n) is 6.50. The van der Waals surface area contributed by atoms with E-state index in [1.54, 1.807) is 0 Å². The molecule has 6 aromatic carbocycles. The Morgan fingerprint density at radius 3 is 1.78 bits per heavy atom. The highest BCUT2D eigenvalue weighted by atomic mass is 16.3. The van der Waals surface area contributed by atoms with Gasteiger partial charge in [0.05, 0.1) is 27.6 Å². The van der Waals surface area contributed by atoms with Gasteiger partial charge >= 0.3 is 0 Å². The molecule has 0 aliphatic rings. The van der Waals surface area contributed by atoms with E-state index in [1.165, 1.54) is 0 Å². The van der Waals surface area contributed by atoms with Gasteiger partial charge in [0.2, 0.25) is 0 Å². The normalized spacial score (nSPS) is 11.5. The molecule has 0 amide bonds. The standard InChI is InChI=1S/C42H27N3O/c1-4-14-29(15-5-1)39-38-37(40(30-16-6-2-7-17-30)46-41(38)33-20-10-11-21-34(33)43-39)28-24-26-31(27-25-28)42-44-35-22-12-13-23-36(35)45(42)32-18-8-3-9-19-32/h1-27H. The van der Waals surface area contributed by atoms with Crippen LogP contribution >= 0.6 is 0 Å². The Hall–Kier alpha value is -6.26. The summed E-state index contributed by atoms with van der Waals surface area (Å²) < 4.78 is 9.12. The highest BCUT2D eigenvalue weighted by molar-refractivity contribution is 6.16. The van der Waals surface area contributed by atoms with Crippen LogP contribution in [0.5, 0.6) is 0 Å². The van der Waals surface area contributed by atoms with E-state index in [4.69, 9.17) is 14.4 Å². The lowest BCUT2D eigenvalue weighted by Crippen LogP contribution is -1.97. The maximum atomic E-state index is 6.89. The molecule has 0 fully saturated rings. The van der Waals surface area contributed by atoms with Crippen LogP contribution in [-0.4, -0.2) is 14.5 Å². The van der Waals surface area contributed by atoms with Crippen LogP contribution in [0.4, 0.5) is 0 Å². The minimum atomic E-state index is 0.829. The Kier molecular flexibility index (Phi) is 6.10. The molecule has 0 saturated heterocycles. The lowest BCUT2D eigenvalue weighted by molar-refractivity contribution is 0.636. The third-order valence-corrected chi connectivity index (χ3v) is 8.62. The first-order chi connectivity index (χ1) is 22.8. The van der Waals surface area contributed by atoms with Crippen LogP contribution in [0.15, 0.2) is 168 Å². The minimum absolute atomic E-state index is 0.829. The number of aromatic nitrogens is 3. The molecule has 0 spiro atoms. The van der Waals surface area contributed by atoms with Crippen molar-refractivity contribution in [1.29, 1.82) is 0 Å². The molecule has 9 rings (SSSR count). The van der Waals surface area contributed by atoms with Crippen molar-refractivity contribution in [3.05, 3.63) is 164 Å². The van der Waals surface area contributed by atoms with Crippen molar-refractivity contribution in [1.82, 2.24) is 14.5 Å². The van der Waals surface area contributed by atoms with Crippen LogP contribution < -0.4 is 0 Å². The summed E-state index contributed by atoms with van der Waals surface area (Å²) in [5.74, 6) is 1.73. The molecular formula is C42H27N3O. The van der Waals surface area contributed by atoms with E-state index in [9.17, 15) is 0 Å². The summed E-state index contributed by atoms with van der Waals surface area (Å²) in [6, 6.07) is 56.4. The Morgan fingerprint density at radius 2 is 1.04 bits per heavy atom. The van der Waals surface area contributed by atoms with Gasteiger partial charge in [-0.05, 0) is 42.0 Å². The number of hydrogen-bond donors (Lipinski definition) is 0. The number of fused-ring (bicyclic) bond motifs is 4. The Labute approximate surface area is 265 Å². The number of benzene rings is 6. The van der Waals surface area contributed by atoms with Crippen molar-refractivity contribution >= 4 is 32.9 Å². The Bertz CT molecular complexity index is 2500. The van der Waals surface area contributed by atoms with Gasteiger partial charge in [0.25, 0.3) is 0 Å². The summed E-state index contributed by atoms with van der Waals surface area (Å²) in [6.45, 7) is 0. The van der Waals surface area contributed by atoms with Crippen LogP contribution in [0.2, 0.25) is 0 Å². The maximum absolute atomic E-state index is 6.89. The van der Waals surface area contributed by atoms with Crippen LogP contribution in [0, 0.1) is 0 Å². The summed E-state index contributed by atoms with van der Waals surface area (Å²) in [7, 11) is 0. The topological polar surface area (TPSA) is 43.9 Å². The van der Waals surface area contributed by atoms with E-state index in [0.29, 0.717) is 0 Å². The molecular weight excluding hydrogens is 562 g/mol. The zero-order chi connectivity index (χ0) is 30.5. The van der Waals surface area contributed by atoms with Gasteiger partial charge in [-0.3, -0.25) is 4.57 Å². The largest absolute Gasteiger partial charge is 0.455 e. The molecule has 0 saturated carbocycles. The van der Waals surface area contributed by atoms with Gasteiger partial charge in [-0.25, -0.2) is 9.97 Å². The molecule has 46 heavy (non-hydrogen) atoms. The van der Waals surface area contributed by atoms with Crippen molar-refractivity contribution in [3.63, 3.8) is 0 Å². The molecule has 3 heterocycles. The molecule has 0 aliphatic carbocycles. The van der Waals surface area contributed by atoms with Gasteiger partial charge in [-0.1, -0.05) is 127 Å². The van der Waals surface area contributed by atoms with Crippen LogP contribution in [-0.2, 0) is 0 Å². The molecule has 0 unspecified atom stereocenters. The second-order valence-electron chi connectivity index (χ2n) is 11.4. The maximum Gasteiger partial charge on any atom is 0.147 e. The van der Waals surface area contributed by atoms with Crippen molar-refractivity contribution in [2.75, 3.05) is 0 Å². The van der Waals surface area contributed by atoms with Gasteiger partial charge in [-0.2, -0.15) is 0 Å². The average molecular weight is 590 g/mol. The minimum Gasteiger partial charge on any atom is -0.455 e. The Morgan fingerprint density at radius 1 is 0.457 bits per heavy atom. The van der Waals surface area contributed by atoms with E-state index >= 15 is 0 Å². The molecule has 4 nitrogen and oxygen atoms in total. The molecule has 0 bridgehead atoms. The third kappa shape index (κ3) is 4.23. The van der Waals surface area contributed by atoms with Gasteiger partial charge in [-0.15, -0.1) is 0 Å². The summed E-state index contributed by atoms with van der Waals surface area (Å²) in [6.07, 6.45) is 0. The first kappa shape index (κ1) is 26.2.